The van der Waals surface area contributed by atoms with Crippen LogP contribution < -0.4 is 14.8 Å². The van der Waals surface area contributed by atoms with Gasteiger partial charge in [-0.15, -0.1) is 0 Å². The number of esters is 1. The van der Waals surface area contributed by atoms with Crippen molar-refractivity contribution in [3.05, 3.63) is 59.7 Å². The SMILES string of the molecule is COc1ccc(C(=O)COC(=O)C2CCN(C(=O)CNC(=O)c3ccccc3)CC2)cc1OC. The minimum atomic E-state index is -0.460. The monoisotopic (exact) mass is 468 g/mol. The highest BCUT2D eigenvalue weighted by Gasteiger charge is 2.29. The molecule has 2 amide bonds. The number of carbonyl (C=O) groups excluding carboxylic acids is 4. The summed E-state index contributed by atoms with van der Waals surface area (Å²) in [7, 11) is 2.97. The minimum Gasteiger partial charge on any atom is -0.493 e. The second kappa shape index (κ2) is 11.8. The Hall–Kier alpha value is -3.88. The van der Waals surface area contributed by atoms with Crippen LogP contribution in [0.4, 0.5) is 0 Å². The molecule has 2 aromatic carbocycles. The number of ketones is 1. The lowest BCUT2D eigenvalue weighted by atomic mass is 9.97. The van der Waals surface area contributed by atoms with E-state index in [9.17, 15) is 19.2 Å². The highest BCUT2D eigenvalue weighted by atomic mass is 16.5. The van der Waals surface area contributed by atoms with Crippen LogP contribution in [0.1, 0.15) is 33.6 Å². The van der Waals surface area contributed by atoms with Crippen molar-refractivity contribution in [2.45, 2.75) is 12.8 Å². The smallest absolute Gasteiger partial charge is 0.309 e. The molecule has 0 radical (unpaired) electrons. The summed E-state index contributed by atoms with van der Waals surface area (Å²) in [6.07, 6.45) is 0.865. The number of piperidine rings is 1. The molecule has 34 heavy (non-hydrogen) atoms. The molecule has 0 unspecified atom stereocenters. The average Bonchev–Trinajstić information content (AvgIpc) is 2.90. The highest BCUT2D eigenvalue weighted by Crippen LogP contribution is 2.27. The van der Waals surface area contributed by atoms with Crippen molar-refractivity contribution in [3.8, 4) is 11.5 Å². The zero-order valence-corrected chi connectivity index (χ0v) is 19.2. The molecule has 9 heteroatoms. The average molecular weight is 469 g/mol. The number of methoxy groups -OCH3 is 2. The molecule has 0 aromatic heterocycles. The first-order valence-corrected chi connectivity index (χ1v) is 11.0. The number of amides is 2. The second-order valence-corrected chi connectivity index (χ2v) is 7.80. The highest BCUT2D eigenvalue weighted by molar-refractivity contribution is 5.98. The predicted octanol–water partition coefficient (Wildman–Crippen LogP) is 2.10. The Morgan fingerprint density at radius 2 is 1.59 bits per heavy atom. The summed E-state index contributed by atoms with van der Waals surface area (Å²) in [6.45, 7) is 0.272. The summed E-state index contributed by atoms with van der Waals surface area (Å²) >= 11 is 0. The van der Waals surface area contributed by atoms with Gasteiger partial charge in [0, 0.05) is 24.2 Å². The zero-order chi connectivity index (χ0) is 24.5. The number of rotatable bonds is 9. The number of nitrogens with one attached hydrogen (secondary N) is 1. The van der Waals surface area contributed by atoms with E-state index in [0.717, 1.165) is 0 Å². The maximum Gasteiger partial charge on any atom is 0.309 e. The first-order valence-electron chi connectivity index (χ1n) is 11.0. The molecule has 0 aliphatic carbocycles. The maximum atomic E-state index is 12.4. The topological polar surface area (TPSA) is 111 Å². The van der Waals surface area contributed by atoms with Gasteiger partial charge in [-0.3, -0.25) is 19.2 Å². The number of Topliss-reactive ketones (excluding diaryl/α,β-unsaturated/α-hetero) is 1. The Bertz CT molecular complexity index is 1030. The normalized spacial score (nSPS) is 13.6. The van der Waals surface area contributed by atoms with Gasteiger partial charge in [0.05, 0.1) is 26.7 Å². The van der Waals surface area contributed by atoms with Crippen molar-refractivity contribution in [2.24, 2.45) is 5.92 Å². The number of benzene rings is 2. The van der Waals surface area contributed by atoms with Gasteiger partial charge in [0.2, 0.25) is 5.91 Å². The molecule has 0 bridgehead atoms. The minimum absolute atomic E-state index is 0.108. The maximum absolute atomic E-state index is 12.4. The lowest BCUT2D eigenvalue weighted by molar-refractivity contribution is -0.150. The summed E-state index contributed by atoms with van der Waals surface area (Å²) in [5.41, 5.74) is 0.836. The Balaban J connectivity index is 1.41. The summed E-state index contributed by atoms with van der Waals surface area (Å²) in [4.78, 5) is 50.9. The van der Waals surface area contributed by atoms with Gasteiger partial charge < -0.3 is 24.4 Å². The molecule has 2 aromatic rings. The van der Waals surface area contributed by atoms with E-state index in [1.54, 1.807) is 41.3 Å². The van der Waals surface area contributed by atoms with Gasteiger partial charge in [-0.25, -0.2) is 0 Å². The van der Waals surface area contributed by atoms with Crippen LogP contribution in [0.3, 0.4) is 0 Å². The van der Waals surface area contributed by atoms with Crippen LogP contribution in [0.25, 0.3) is 0 Å². The van der Waals surface area contributed by atoms with Crippen LogP contribution in [0.15, 0.2) is 48.5 Å². The van der Waals surface area contributed by atoms with E-state index in [0.29, 0.717) is 48.6 Å². The lowest BCUT2D eigenvalue weighted by Crippen LogP contribution is -2.45. The van der Waals surface area contributed by atoms with Gasteiger partial charge in [-0.1, -0.05) is 18.2 Å². The molecule has 0 atom stereocenters. The molecule has 1 aliphatic heterocycles. The van der Waals surface area contributed by atoms with E-state index < -0.39 is 5.97 Å². The number of hydrogen-bond donors (Lipinski definition) is 1. The first-order chi connectivity index (χ1) is 16.4. The number of hydrogen-bond acceptors (Lipinski definition) is 7. The first kappa shape index (κ1) is 24.8. The largest absolute Gasteiger partial charge is 0.493 e. The van der Waals surface area contributed by atoms with Crippen molar-refractivity contribution in [1.29, 1.82) is 0 Å². The van der Waals surface area contributed by atoms with Crippen LogP contribution in [0, 0.1) is 5.92 Å². The Labute approximate surface area is 198 Å². The fourth-order valence-electron chi connectivity index (χ4n) is 3.67. The molecular weight excluding hydrogens is 440 g/mol. The molecule has 1 N–H and O–H groups in total. The van der Waals surface area contributed by atoms with Crippen molar-refractivity contribution >= 4 is 23.6 Å². The molecule has 180 valence electrons. The molecule has 1 heterocycles. The van der Waals surface area contributed by atoms with E-state index in [-0.39, 0.29) is 36.7 Å². The number of nitrogens with zero attached hydrogens (tertiary/aromatic N) is 1. The van der Waals surface area contributed by atoms with Crippen molar-refractivity contribution < 1.29 is 33.4 Å². The van der Waals surface area contributed by atoms with E-state index >= 15 is 0 Å². The summed E-state index contributed by atoms with van der Waals surface area (Å²) < 4.78 is 15.6. The van der Waals surface area contributed by atoms with Crippen LogP contribution >= 0.6 is 0 Å². The van der Waals surface area contributed by atoms with E-state index in [1.807, 2.05) is 6.07 Å². The van der Waals surface area contributed by atoms with E-state index in [4.69, 9.17) is 14.2 Å². The number of ether oxygens (including phenoxy) is 3. The second-order valence-electron chi connectivity index (χ2n) is 7.80. The van der Waals surface area contributed by atoms with Gasteiger partial charge in [-0.05, 0) is 43.2 Å². The molecule has 0 spiro atoms. The summed E-state index contributed by atoms with van der Waals surface area (Å²) in [6, 6.07) is 13.4. The Kier molecular flexibility index (Phi) is 8.61. The van der Waals surface area contributed by atoms with Crippen LogP contribution in [-0.2, 0) is 14.3 Å². The molecule has 9 nitrogen and oxygen atoms in total. The molecular formula is C25H28N2O7. The molecule has 1 fully saturated rings. The van der Waals surface area contributed by atoms with Gasteiger partial charge in [0.25, 0.3) is 5.91 Å². The quantitative estimate of drug-likeness (QED) is 0.443. The summed E-state index contributed by atoms with van der Waals surface area (Å²) in [5, 5.41) is 2.62. The zero-order valence-electron chi connectivity index (χ0n) is 19.2. The van der Waals surface area contributed by atoms with Gasteiger partial charge >= 0.3 is 5.97 Å². The fourth-order valence-corrected chi connectivity index (χ4v) is 3.67. The van der Waals surface area contributed by atoms with Crippen molar-refractivity contribution in [1.82, 2.24) is 10.2 Å². The molecule has 1 aliphatic rings. The van der Waals surface area contributed by atoms with E-state index in [1.165, 1.54) is 20.3 Å². The number of likely N-dealkylation sites (tertiary alicyclic amines) is 1. The van der Waals surface area contributed by atoms with Crippen LogP contribution in [0.2, 0.25) is 0 Å². The third-order valence-corrected chi connectivity index (χ3v) is 5.67. The molecule has 0 saturated carbocycles. The fraction of sp³-hybridized carbons (Fsp3) is 0.360. The standard InChI is InChI=1S/C25H28N2O7/c1-32-21-9-8-19(14-22(21)33-2)20(28)16-34-25(31)18-10-12-27(13-11-18)23(29)15-26-24(30)17-6-4-3-5-7-17/h3-9,14,18H,10-13,15-16H2,1-2H3,(H,26,30). The van der Waals surface area contributed by atoms with E-state index in [2.05, 4.69) is 5.32 Å². The van der Waals surface area contributed by atoms with Gasteiger partial charge in [0.15, 0.2) is 23.9 Å². The predicted molar refractivity (Wildman–Crippen MR) is 123 cm³/mol. The molecule has 3 rings (SSSR count). The van der Waals surface area contributed by atoms with Gasteiger partial charge in [0.1, 0.15) is 0 Å². The Morgan fingerprint density at radius 1 is 0.912 bits per heavy atom. The van der Waals surface area contributed by atoms with Crippen LogP contribution in [-0.4, -0.2) is 68.9 Å². The number of carbonyl (C=O) groups is 4. The van der Waals surface area contributed by atoms with Gasteiger partial charge in [-0.2, -0.15) is 0 Å². The molecule has 1 saturated heterocycles. The third-order valence-electron chi connectivity index (χ3n) is 5.67. The third kappa shape index (κ3) is 6.34. The lowest BCUT2D eigenvalue weighted by Gasteiger charge is -2.31. The van der Waals surface area contributed by atoms with Crippen molar-refractivity contribution in [3.63, 3.8) is 0 Å². The Morgan fingerprint density at radius 3 is 2.24 bits per heavy atom. The van der Waals surface area contributed by atoms with Crippen LogP contribution in [0.5, 0.6) is 11.5 Å². The summed E-state index contributed by atoms with van der Waals surface area (Å²) in [5.74, 6) is -0.810. The van der Waals surface area contributed by atoms with Crippen molar-refractivity contribution in [2.75, 3.05) is 40.5 Å².